The highest BCUT2D eigenvalue weighted by atomic mass is 16.6. The van der Waals surface area contributed by atoms with Crippen molar-refractivity contribution in [2.45, 2.75) is 6.92 Å². The molecule has 0 aromatic heterocycles. The number of hydrogen-bond donors (Lipinski definition) is 0. The van der Waals surface area contributed by atoms with Crippen molar-refractivity contribution in [2.24, 2.45) is 5.92 Å². The van der Waals surface area contributed by atoms with Crippen LogP contribution in [0.5, 0.6) is 0 Å². The predicted molar refractivity (Wildman–Crippen MR) is 60.6 cm³/mol. The minimum atomic E-state index is -1.02. The van der Waals surface area contributed by atoms with Crippen LogP contribution >= 0.6 is 0 Å². The van der Waals surface area contributed by atoms with Crippen molar-refractivity contribution < 1.29 is 19.1 Å². The highest BCUT2D eigenvalue weighted by Crippen LogP contribution is 2.06. The summed E-state index contributed by atoms with van der Waals surface area (Å²) in [7, 11) is 0. The largest absolute Gasteiger partial charge is 0.461 e. The maximum atomic E-state index is 11.4. The van der Waals surface area contributed by atoms with Gasteiger partial charge < -0.3 is 9.47 Å². The molecule has 0 aromatic carbocycles. The third-order valence-corrected chi connectivity index (χ3v) is 1.58. The van der Waals surface area contributed by atoms with Gasteiger partial charge in [0.15, 0.2) is 5.92 Å². The maximum Gasteiger partial charge on any atom is 0.324 e. The van der Waals surface area contributed by atoms with Crippen LogP contribution in [-0.4, -0.2) is 25.2 Å². The van der Waals surface area contributed by atoms with Crippen molar-refractivity contribution in [3.05, 3.63) is 37.5 Å². The number of esters is 2. The number of carbonyl (C=O) groups is 2. The Hall–Kier alpha value is -1.84. The van der Waals surface area contributed by atoms with Gasteiger partial charge in [-0.25, -0.2) is 0 Å². The zero-order chi connectivity index (χ0) is 12.4. The fraction of sp³-hybridized carbons (Fsp3) is 0.333. The summed E-state index contributed by atoms with van der Waals surface area (Å²) >= 11 is 0. The van der Waals surface area contributed by atoms with E-state index in [1.165, 1.54) is 18.2 Å². The first kappa shape index (κ1) is 14.2. The van der Waals surface area contributed by atoms with E-state index >= 15 is 0 Å². The van der Waals surface area contributed by atoms with Gasteiger partial charge in [0.25, 0.3) is 0 Å². The van der Waals surface area contributed by atoms with Gasteiger partial charge in [0.05, 0.1) is 0 Å². The molecule has 0 unspecified atom stereocenters. The molecule has 0 aromatic rings. The number of ether oxygens (including phenoxy) is 2. The van der Waals surface area contributed by atoms with Crippen LogP contribution in [0.15, 0.2) is 37.5 Å². The van der Waals surface area contributed by atoms with Crippen molar-refractivity contribution in [3.8, 4) is 0 Å². The van der Waals surface area contributed by atoms with Crippen LogP contribution in [0.1, 0.15) is 6.92 Å². The van der Waals surface area contributed by atoms with E-state index in [0.29, 0.717) is 0 Å². The first-order chi connectivity index (χ1) is 7.67. The molecule has 0 atom stereocenters. The summed E-state index contributed by atoms with van der Waals surface area (Å²) in [6.07, 6.45) is 5.88. The molecule has 0 heterocycles. The minimum absolute atomic E-state index is 0.0711. The molecule has 0 saturated carbocycles. The quantitative estimate of drug-likeness (QED) is 0.375. The molecule has 0 bridgehead atoms. The third kappa shape index (κ3) is 5.14. The van der Waals surface area contributed by atoms with Crippen molar-refractivity contribution in [3.63, 3.8) is 0 Å². The molecule has 0 amide bonds. The number of allylic oxidation sites excluding steroid dienone is 1. The maximum absolute atomic E-state index is 11.4. The van der Waals surface area contributed by atoms with E-state index in [1.54, 1.807) is 13.0 Å². The van der Waals surface area contributed by atoms with Crippen molar-refractivity contribution in [1.29, 1.82) is 0 Å². The summed E-state index contributed by atoms with van der Waals surface area (Å²) < 4.78 is 9.54. The summed E-state index contributed by atoms with van der Waals surface area (Å²) in [4.78, 5) is 22.9. The van der Waals surface area contributed by atoms with Gasteiger partial charge in [-0.15, -0.1) is 0 Å². The summed E-state index contributed by atoms with van der Waals surface area (Å²) in [6.45, 7) is 8.66. The Kier molecular flexibility index (Phi) is 7.49. The molecule has 4 heteroatoms. The topological polar surface area (TPSA) is 52.6 Å². The molecule has 4 nitrogen and oxygen atoms in total. The molecule has 0 aliphatic carbocycles. The zero-order valence-electron chi connectivity index (χ0n) is 9.35. The predicted octanol–water partition coefficient (Wildman–Crippen LogP) is 1.64. The van der Waals surface area contributed by atoms with Crippen molar-refractivity contribution >= 4 is 11.9 Å². The van der Waals surface area contributed by atoms with Crippen molar-refractivity contribution in [1.82, 2.24) is 0 Å². The molecular weight excluding hydrogens is 208 g/mol. The third-order valence-electron chi connectivity index (χ3n) is 1.58. The molecule has 0 radical (unpaired) electrons. The lowest BCUT2D eigenvalue weighted by atomic mass is 10.1. The highest BCUT2D eigenvalue weighted by molar-refractivity contribution is 5.97. The molecular formula is C12H16O4. The van der Waals surface area contributed by atoms with Gasteiger partial charge in [-0.05, 0) is 6.92 Å². The van der Waals surface area contributed by atoms with Crippen LogP contribution < -0.4 is 0 Å². The summed E-state index contributed by atoms with van der Waals surface area (Å²) in [5.41, 5.74) is 0. The van der Waals surface area contributed by atoms with Gasteiger partial charge in [-0.3, -0.25) is 9.59 Å². The highest BCUT2D eigenvalue weighted by Gasteiger charge is 2.26. The fourth-order valence-electron chi connectivity index (χ4n) is 0.907. The Morgan fingerprint density at radius 3 is 1.88 bits per heavy atom. The standard InChI is InChI=1S/C12H16O4/c1-4-7-10(11(13)15-8-5-2)12(14)16-9-6-3/h4-7,10H,2-3,8-9H2,1H3. The lowest BCUT2D eigenvalue weighted by Crippen LogP contribution is -2.26. The van der Waals surface area contributed by atoms with Crippen LogP contribution in [0.25, 0.3) is 0 Å². The molecule has 88 valence electrons. The van der Waals surface area contributed by atoms with Gasteiger partial charge in [0, 0.05) is 0 Å². The Bertz CT molecular complexity index is 267. The first-order valence-electron chi connectivity index (χ1n) is 4.85. The molecule has 0 N–H and O–H groups in total. The van der Waals surface area contributed by atoms with Gasteiger partial charge in [0.1, 0.15) is 13.2 Å². The molecule has 0 aliphatic heterocycles. The smallest absolute Gasteiger partial charge is 0.324 e. The van der Waals surface area contributed by atoms with E-state index < -0.39 is 17.9 Å². The second-order valence-corrected chi connectivity index (χ2v) is 2.84. The van der Waals surface area contributed by atoms with Crippen LogP contribution in [0, 0.1) is 5.92 Å². The summed E-state index contributed by atoms with van der Waals surface area (Å²) in [5, 5.41) is 0. The van der Waals surface area contributed by atoms with Gasteiger partial charge in [-0.1, -0.05) is 37.5 Å². The summed E-state index contributed by atoms with van der Waals surface area (Å²) in [6, 6.07) is 0. The molecule has 0 fully saturated rings. The molecule has 0 aliphatic rings. The normalized spacial score (nSPS) is 10.1. The van der Waals surface area contributed by atoms with Gasteiger partial charge in [0.2, 0.25) is 0 Å². The van der Waals surface area contributed by atoms with Gasteiger partial charge >= 0.3 is 11.9 Å². The minimum Gasteiger partial charge on any atom is -0.461 e. The molecule has 0 rings (SSSR count). The van der Waals surface area contributed by atoms with E-state index in [0.717, 1.165) is 0 Å². The Morgan fingerprint density at radius 1 is 1.12 bits per heavy atom. The number of rotatable bonds is 7. The average Bonchev–Trinajstić information content (AvgIpc) is 2.29. The number of hydrogen-bond acceptors (Lipinski definition) is 4. The Labute approximate surface area is 95.2 Å². The van der Waals surface area contributed by atoms with E-state index in [2.05, 4.69) is 13.2 Å². The van der Waals surface area contributed by atoms with Crippen LogP contribution in [0.4, 0.5) is 0 Å². The Morgan fingerprint density at radius 2 is 1.56 bits per heavy atom. The van der Waals surface area contributed by atoms with Crippen LogP contribution in [-0.2, 0) is 19.1 Å². The van der Waals surface area contributed by atoms with E-state index in [1.807, 2.05) is 0 Å². The second-order valence-electron chi connectivity index (χ2n) is 2.84. The van der Waals surface area contributed by atoms with Crippen LogP contribution in [0.3, 0.4) is 0 Å². The lowest BCUT2D eigenvalue weighted by molar-refractivity contribution is -0.158. The van der Waals surface area contributed by atoms with Crippen LogP contribution in [0.2, 0.25) is 0 Å². The summed E-state index contributed by atoms with van der Waals surface area (Å²) in [5.74, 6) is -2.32. The molecule has 16 heavy (non-hydrogen) atoms. The average molecular weight is 224 g/mol. The second kappa shape index (κ2) is 8.47. The molecule has 0 spiro atoms. The zero-order valence-corrected chi connectivity index (χ0v) is 9.35. The molecule has 0 saturated heterocycles. The SMILES string of the molecule is C=CCOC(=O)C(C=CC)C(=O)OCC=C. The van der Waals surface area contributed by atoms with E-state index in [-0.39, 0.29) is 13.2 Å². The van der Waals surface area contributed by atoms with E-state index in [9.17, 15) is 9.59 Å². The number of carbonyl (C=O) groups excluding carboxylic acids is 2. The Balaban J connectivity index is 4.45. The first-order valence-corrected chi connectivity index (χ1v) is 4.85. The van der Waals surface area contributed by atoms with E-state index in [4.69, 9.17) is 9.47 Å². The lowest BCUT2D eigenvalue weighted by Gasteiger charge is -2.10. The monoisotopic (exact) mass is 224 g/mol. The van der Waals surface area contributed by atoms with Gasteiger partial charge in [-0.2, -0.15) is 0 Å². The fourth-order valence-corrected chi connectivity index (χ4v) is 0.907. The van der Waals surface area contributed by atoms with Crippen molar-refractivity contribution in [2.75, 3.05) is 13.2 Å².